The summed E-state index contributed by atoms with van der Waals surface area (Å²) in [7, 11) is -1.61. The third kappa shape index (κ3) is 4.52. The van der Waals surface area contributed by atoms with Gasteiger partial charge in [0.25, 0.3) is 0 Å². The number of hydrogen-bond acceptors (Lipinski definition) is 4. The Balaban J connectivity index is 2.02. The number of sulfonamides is 1. The van der Waals surface area contributed by atoms with Gasteiger partial charge in [0.05, 0.1) is 12.7 Å². The zero-order valence-electron chi connectivity index (χ0n) is 13.0. The molecular weight excluding hydrogens is 288 g/mol. The van der Waals surface area contributed by atoms with Gasteiger partial charge < -0.3 is 5.32 Å². The molecule has 0 aromatic carbocycles. The lowest BCUT2D eigenvalue weighted by molar-refractivity contribution is 0.257. The number of aromatic nitrogens is 2. The number of nitrogens with zero attached hydrogens (tertiary/aromatic N) is 2. The van der Waals surface area contributed by atoms with E-state index in [-0.39, 0.29) is 10.9 Å². The van der Waals surface area contributed by atoms with Crippen molar-refractivity contribution in [3.63, 3.8) is 0 Å². The molecule has 7 heteroatoms. The van der Waals surface area contributed by atoms with Gasteiger partial charge in [0.2, 0.25) is 10.0 Å². The quantitative estimate of drug-likeness (QED) is 0.827. The van der Waals surface area contributed by atoms with Gasteiger partial charge in [-0.05, 0) is 38.1 Å². The maximum atomic E-state index is 12.4. The maximum absolute atomic E-state index is 12.4. The van der Waals surface area contributed by atoms with E-state index in [1.54, 1.807) is 10.9 Å². The Kier molecular flexibility index (Phi) is 5.40. The normalized spacial score (nSPS) is 26.9. The molecule has 2 rings (SSSR count). The van der Waals surface area contributed by atoms with Crippen LogP contribution < -0.4 is 10.0 Å². The smallest absolute Gasteiger partial charge is 0.243 e. The van der Waals surface area contributed by atoms with Crippen LogP contribution in [0.1, 0.15) is 33.1 Å². The molecule has 2 N–H and O–H groups in total. The van der Waals surface area contributed by atoms with Crippen LogP contribution in [-0.2, 0) is 16.6 Å². The highest BCUT2D eigenvalue weighted by Gasteiger charge is 2.28. The molecule has 0 radical (unpaired) electrons. The molecule has 1 saturated carbocycles. The summed E-state index contributed by atoms with van der Waals surface area (Å²) in [5, 5.41) is 7.11. The van der Waals surface area contributed by atoms with Crippen molar-refractivity contribution in [2.75, 3.05) is 13.6 Å². The number of nitrogens with one attached hydrogen (secondary N) is 2. The second-order valence-electron chi connectivity index (χ2n) is 6.28. The molecule has 120 valence electrons. The molecule has 2 atom stereocenters. The van der Waals surface area contributed by atoms with Crippen molar-refractivity contribution in [3.8, 4) is 0 Å². The number of hydrogen-bond donors (Lipinski definition) is 2. The minimum Gasteiger partial charge on any atom is -0.318 e. The fourth-order valence-corrected chi connectivity index (χ4v) is 4.38. The molecule has 0 spiro atoms. The van der Waals surface area contributed by atoms with Crippen LogP contribution in [0.4, 0.5) is 0 Å². The van der Waals surface area contributed by atoms with Gasteiger partial charge in [-0.15, -0.1) is 0 Å². The molecule has 0 bridgehead atoms. The minimum absolute atomic E-state index is 0.0365. The van der Waals surface area contributed by atoms with E-state index >= 15 is 0 Å². The van der Waals surface area contributed by atoms with E-state index in [0.717, 1.165) is 19.4 Å². The summed E-state index contributed by atoms with van der Waals surface area (Å²) < 4.78 is 29.3. The lowest BCUT2D eigenvalue weighted by Crippen LogP contribution is -2.39. The van der Waals surface area contributed by atoms with Crippen molar-refractivity contribution in [2.45, 2.75) is 50.6 Å². The number of rotatable bonds is 6. The Morgan fingerprint density at radius 1 is 1.29 bits per heavy atom. The molecule has 0 amide bonds. The van der Waals surface area contributed by atoms with Gasteiger partial charge >= 0.3 is 0 Å². The Bertz CT molecular complexity index is 545. The van der Waals surface area contributed by atoms with Crippen molar-refractivity contribution in [1.29, 1.82) is 0 Å². The predicted molar refractivity (Wildman–Crippen MR) is 82.4 cm³/mol. The first-order chi connectivity index (χ1) is 9.90. The lowest BCUT2D eigenvalue weighted by atomic mass is 9.81. The monoisotopic (exact) mass is 314 g/mol. The van der Waals surface area contributed by atoms with Crippen LogP contribution >= 0.6 is 0 Å². The highest BCUT2D eigenvalue weighted by Crippen LogP contribution is 2.29. The molecule has 0 saturated heterocycles. The summed E-state index contributed by atoms with van der Waals surface area (Å²) >= 11 is 0. The fourth-order valence-electron chi connectivity index (χ4n) is 3.16. The third-order valence-electron chi connectivity index (χ3n) is 4.01. The first kappa shape index (κ1) is 16.5. The van der Waals surface area contributed by atoms with E-state index < -0.39 is 10.0 Å². The van der Waals surface area contributed by atoms with Crippen LogP contribution in [0, 0.1) is 11.8 Å². The highest BCUT2D eigenvalue weighted by molar-refractivity contribution is 7.89. The average Bonchev–Trinajstić information content (AvgIpc) is 2.84. The van der Waals surface area contributed by atoms with Gasteiger partial charge in [0, 0.05) is 18.8 Å². The molecule has 1 fully saturated rings. The van der Waals surface area contributed by atoms with Gasteiger partial charge in [-0.2, -0.15) is 5.10 Å². The Hall–Kier alpha value is -0.920. The standard InChI is InChI=1S/C14H26N4O2S/c1-11-6-12(2)8-13(7-11)17-21(19,20)14-9-16-18(10-14)5-4-15-3/h9-13,15,17H,4-8H2,1-3H3. The fraction of sp³-hybridized carbons (Fsp3) is 0.786. The van der Waals surface area contributed by atoms with E-state index in [1.807, 2.05) is 7.05 Å². The van der Waals surface area contributed by atoms with Crippen LogP contribution in [0.3, 0.4) is 0 Å². The zero-order chi connectivity index (χ0) is 15.5. The molecule has 2 unspecified atom stereocenters. The summed E-state index contributed by atoms with van der Waals surface area (Å²) in [6, 6.07) is 0.0365. The molecule has 6 nitrogen and oxygen atoms in total. The van der Waals surface area contributed by atoms with Crippen molar-refractivity contribution in [3.05, 3.63) is 12.4 Å². The molecular formula is C14H26N4O2S. The van der Waals surface area contributed by atoms with Crippen LogP contribution in [-0.4, -0.2) is 37.8 Å². The first-order valence-corrected chi connectivity index (χ1v) is 9.08. The van der Waals surface area contributed by atoms with E-state index in [0.29, 0.717) is 18.4 Å². The lowest BCUT2D eigenvalue weighted by Gasteiger charge is -2.31. The average molecular weight is 314 g/mol. The second kappa shape index (κ2) is 6.89. The predicted octanol–water partition coefficient (Wildman–Crippen LogP) is 1.21. The topological polar surface area (TPSA) is 76.0 Å². The summed E-state index contributed by atoms with van der Waals surface area (Å²) in [6.45, 7) is 5.79. The maximum Gasteiger partial charge on any atom is 0.243 e. The van der Waals surface area contributed by atoms with E-state index in [1.165, 1.54) is 12.6 Å². The molecule has 1 heterocycles. The third-order valence-corrected chi connectivity index (χ3v) is 5.49. The highest BCUT2D eigenvalue weighted by atomic mass is 32.2. The van der Waals surface area contributed by atoms with E-state index in [2.05, 4.69) is 29.0 Å². The van der Waals surface area contributed by atoms with Crippen LogP contribution in [0.5, 0.6) is 0 Å². The van der Waals surface area contributed by atoms with Gasteiger partial charge in [0.1, 0.15) is 4.90 Å². The Morgan fingerprint density at radius 2 is 1.95 bits per heavy atom. The van der Waals surface area contributed by atoms with Crippen molar-refractivity contribution < 1.29 is 8.42 Å². The minimum atomic E-state index is -3.46. The SMILES string of the molecule is CNCCn1cc(S(=O)(=O)NC2CC(C)CC(C)C2)cn1. The molecule has 1 aliphatic rings. The van der Waals surface area contributed by atoms with Crippen LogP contribution in [0.2, 0.25) is 0 Å². The van der Waals surface area contributed by atoms with Gasteiger partial charge in [0.15, 0.2) is 0 Å². The molecule has 1 aromatic heterocycles. The molecule has 1 aromatic rings. The number of likely N-dealkylation sites (N-methyl/N-ethyl adjacent to an activating group) is 1. The van der Waals surface area contributed by atoms with E-state index in [9.17, 15) is 8.42 Å². The zero-order valence-corrected chi connectivity index (χ0v) is 13.9. The largest absolute Gasteiger partial charge is 0.318 e. The first-order valence-electron chi connectivity index (χ1n) is 7.60. The van der Waals surface area contributed by atoms with Crippen molar-refractivity contribution >= 4 is 10.0 Å². The van der Waals surface area contributed by atoms with Gasteiger partial charge in [-0.3, -0.25) is 4.68 Å². The summed E-state index contributed by atoms with van der Waals surface area (Å²) in [4.78, 5) is 0.254. The van der Waals surface area contributed by atoms with Crippen molar-refractivity contribution in [1.82, 2.24) is 19.8 Å². The Labute approximate surface area is 127 Å². The molecule has 21 heavy (non-hydrogen) atoms. The Morgan fingerprint density at radius 3 is 2.57 bits per heavy atom. The molecule has 1 aliphatic carbocycles. The molecule has 0 aliphatic heterocycles. The second-order valence-corrected chi connectivity index (χ2v) is 7.99. The van der Waals surface area contributed by atoms with Gasteiger partial charge in [-0.25, -0.2) is 13.1 Å². The van der Waals surface area contributed by atoms with Crippen molar-refractivity contribution in [2.24, 2.45) is 11.8 Å². The summed E-state index contributed by atoms with van der Waals surface area (Å²) in [5.74, 6) is 1.14. The summed E-state index contributed by atoms with van der Waals surface area (Å²) in [6.07, 6.45) is 6.03. The summed E-state index contributed by atoms with van der Waals surface area (Å²) in [5.41, 5.74) is 0. The van der Waals surface area contributed by atoms with Crippen LogP contribution in [0.15, 0.2) is 17.3 Å². The van der Waals surface area contributed by atoms with Crippen LogP contribution in [0.25, 0.3) is 0 Å². The van der Waals surface area contributed by atoms with E-state index in [4.69, 9.17) is 0 Å². The van der Waals surface area contributed by atoms with Gasteiger partial charge in [-0.1, -0.05) is 13.8 Å².